The molecule has 118 valence electrons. The fourth-order valence-electron chi connectivity index (χ4n) is 2.22. The lowest BCUT2D eigenvalue weighted by atomic mass is 10.1. The molecule has 0 spiro atoms. The quantitative estimate of drug-likeness (QED) is 0.697. The van der Waals surface area contributed by atoms with Crippen LogP contribution in [-0.4, -0.2) is 14.9 Å². The maximum Gasteiger partial charge on any atom is 0.148 e. The van der Waals surface area contributed by atoms with Crippen molar-refractivity contribution >= 4 is 23.2 Å². The van der Waals surface area contributed by atoms with E-state index < -0.39 is 11.6 Å². The van der Waals surface area contributed by atoms with Crippen LogP contribution in [0.3, 0.4) is 0 Å². The van der Waals surface area contributed by atoms with Gasteiger partial charge in [-0.15, -0.1) is 0 Å². The van der Waals surface area contributed by atoms with Gasteiger partial charge in [0, 0.05) is 17.3 Å². The monoisotopic (exact) mass is 354 g/mol. The van der Waals surface area contributed by atoms with Crippen LogP contribution in [0.5, 0.6) is 0 Å². The zero-order chi connectivity index (χ0) is 16.6. The Bertz CT molecular complexity index is 881. The summed E-state index contributed by atoms with van der Waals surface area (Å²) in [5.74, 6) is -1.13. The largest absolute Gasteiger partial charge is 0.392 e. The Hall–Kier alpha value is -1.95. The predicted octanol–water partition coefficient (Wildman–Crippen LogP) is 4.62. The summed E-state index contributed by atoms with van der Waals surface area (Å²) in [4.78, 5) is 0. The first-order valence-corrected chi connectivity index (χ1v) is 7.36. The summed E-state index contributed by atoms with van der Waals surface area (Å²) in [6.07, 6.45) is 1.47. The zero-order valence-corrected chi connectivity index (χ0v) is 13.1. The minimum atomic E-state index is -0.657. The van der Waals surface area contributed by atoms with Crippen LogP contribution in [0.25, 0.3) is 16.9 Å². The number of hydrogen-bond donors (Lipinski definition) is 1. The van der Waals surface area contributed by atoms with Gasteiger partial charge in [0.15, 0.2) is 0 Å². The van der Waals surface area contributed by atoms with Crippen LogP contribution in [0, 0.1) is 11.6 Å². The van der Waals surface area contributed by atoms with Gasteiger partial charge in [-0.2, -0.15) is 5.10 Å². The lowest BCUT2D eigenvalue weighted by molar-refractivity contribution is 0.282. The van der Waals surface area contributed by atoms with Gasteiger partial charge >= 0.3 is 0 Å². The van der Waals surface area contributed by atoms with Gasteiger partial charge in [0.05, 0.1) is 22.3 Å². The van der Waals surface area contributed by atoms with E-state index in [-0.39, 0.29) is 33.6 Å². The molecule has 1 heterocycles. The van der Waals surface area contributed by atoms with Crippen LogP contribution < -0.4 is 0 Å². The number of hydrogen-bond acceptors (Lipinski definition) is 2. The third-order valence-electron chi connectivity index (χ3n) is 3.32. The van der Waals surface area contributed by atoms with E-state index in [2.05, 4.69) is 5.10 Å². The number of nitrogens with zero attached hydrogens (tertiary/aromatic N) is 2. The van der Waals surface area contributed by atoms with E-state index >= 15 is 0 Å². The van der Waals surface area contributed by atoms with Crippen molar-refractivity contribution in [3.05, 3.63) is 69.8 Å². The highest BCUT2D eigenvalue weighted by molar-refractivity contribution is 6.36. The predicted molar refractivity (Wildman–Crippen MR) is 84.9 cm³/mol. The molecule has 0 saturated carbocycles. The van der Waals surface area contributed by atoms with Crippen molar-refractivity contribution in [2.75, 3.05) is 0 Å². The van der Waals surface area contributed by atoms with Crippen molar-refractivity contribution in [3.63, 3.8) is 0 Å². The molecule has 0 aliphatic carbocycles. The summed E-state index contributed by atoms with van der Waals surface area (Å²) < 4.78 is 28.9. The van der Waals surface area contributed by atoms with Crippen LogP contribution in [0.2, 0.25) is 10.0 Å². The second-order valence-corrected chi connectivity index (χ2v) is 5.62. The minimum absolute atomic E-state index is 0.113. The van der Waals surface area contributed by atoms with Gasteiger partial charge in [0.25, 0.3) is 0 Å². The van der Waals surface area contributed by atoms with Crippen molar-refractivity contribution in [1.82, 2.24) is 9.78 Å². The van der Waals surface area contributed by atoms with Crippen LogP contribution in [0.15, 0.2) is 42.6 Å². The lowest BCUT2D eigenvalue weighted by Crippen LogP contribution is -1.98. The molecule has 7 heteroatoms. The highest BCUT2D eigenvalue weighted by atomic mass is 35.5. The molecule has 3 aromatic rings. The first-order valence-electron chi connectivity index (χ1n) is 6.60. The Morgan fingerprint density at radius 1 is 1.04 bits per heavy atom. The smallest absolute Gasteiger partial charge is 0.148 e. The maximum atomic E-state index is 13.9. The fraction of sp³-hybridized carbons (Fsp3) is 0.0625. The summed E-state index contributed by atoms with van der Waals surface area (Å²) in [6.45, 7) is -0.357. The van der Waals surface area contributed by atoms with Crippen LogP contribution in [0.1, 0.15) is 5.56 Å². The van der Waals surface area contributed by atoms with E-state index in [1.165, 1.54) is 29.1 Å². The first-order chi connectivity index (χ1) is 11.0. The van der Waals surface area contributed by atoms with Crippen molar-refractivity contribution < 1.29 is 13.9 Å². The molecule has 0 bridgehead atoms. The van der Waals surface area contributed by atoms with Gasteiger partial charge in [0.1, 0.15) is 17.3 Å². The van der Waals surface area contributed by atoms with Crippen molar-refractivity contribution in [2.45, 2.75) is 6.61 Å². The Morgan fingerprint density at radius 3 is 2.48 bits per heavy atom. The first kappa shape index (κ1) is 15.9. The molecule has 0 aliphatic rings. The van der Waals surface area contributed by atoms with Crippen LogP contribution in [-0.2, 0) is 6.61 Å². The Morgan fingerprint density at radius 2 is 1.78 bits per heavy atom. The second kappa shape index (κ2) is 6.28. The normalized spacial score (nSPS) is 11.0. The van der Waals surface area contributed by atoms with Crippen LogP contribution in [0.4, 0.5) is 8.78 Å². The number of aliphatic hydroxyl groups excluding tert-OH is 1. The average molecular weight is 355 g/mol. The van der Waals surface area contributed by atoms with E-state index in [1.807, 2.05) is 0 Å². The highest BCUT2D eigenvalue weighted by Crippen LogP contribution is 2.34. The summed E-state index contributed by atoms with van der Waals surface area (Å²) in [6, 6.07) is 8.45. The summed E-state index contributed by atoms with van der Waals surface area (Å²) in [5.41, 5.74) is 1.12. The minimum Gasteiger partial charge on any atom is -0.392 e. The van der Waals surface area contributed by atoms with E-state index in [1.54, 1.807) is 12.1 Å². The number of halogens is 4. The molecule has 1 aromatic heterocycles. The van der Waals surface area contributed by atoms with E-state index in [0.29, 0.717) is 5.56 Å². The standard InChI is InChI=1S/C16H10Cl2F2N2O/c17-11-6-12(18)14(20)5-10(11)16-9(8-23)7-22(21-16)15-4-2-1-3-13(15)19/h1-7,23H,8H2. The molecule has 2 aromatic carbocycles. The Labute approximate surface area is 140 Å². The number of para-hydroxylation sites is 1. The lowest BCUT2D eigenvalue weighted by Gasteiger charge is -2.05. The number of aromatic nitrogens is 2. The topological polar surface area (TPSA) is 38.0 Å². The van der Waals surface area contributed by atoms with Gasteiger partial charge < -0.3 is 5.11 Å². The third kappa shape index (κ3) is 2.95. The molecule has 1 N–H and O–H groups in total. The van der Waals surface area contributed by atoms with E-state index in [4.69, 9.17) is 23.2 Å². The number of aliphatic hydroxyl groups is 1. The molecule has 0 atom stereocenters. The molecule has 0 fully saturated rings. The van der Waals surface area contributed by atoms with Crippen LogP contribution >= 0.6 is 23.2 Å². The summed E-state index contributed by atoms with van der Waals surface area (Å²) >= 11 is 11.8. The molecule has 3 rings (SSSR count). The molecule has 0 saturated heterocycles. The van der Waals surface area contributed by atoms with Gasteiger partial charge in [0.2, 0.25) is 0 Å². The Balaban J connectivity index is 2.18. The summed E-state index contributed by atoms with van der Waals surface area (Å²) in [5, 5.41) is 13.8. The summed E-state index contributed by atoms with van der Waals surface area (Å²) in [7, 11) is 0. The molecule has 0 amide bonds. The van der Waals surface area contributed by atoms with Crippen molar-refractivity contribution in [1.29, 1.82) is 0 Å². The van der Waals surface area contributed by atoms with Gasteiger partial charge in [-0.25, -0.2) is 13.5 Å². The average Bonchev–Trinajstić information content (AvgIpc) is 2.95. The number of rotatable bonds is 3. The van der Waals surface area contributed by atoms with Gasteiger partial charge in [-0.05, 0) is 24.3 Å². The third-order valence-corrected chi connectivity index (χ3v) is 3.93. The molecule has 0 radical (unpaired) electrons. The zero-order valence-electron chi connectivity index (χ0n) is 11.6. The molecule has 0 unspecified atom stereocenters. The molecule has 3 nitrogen and oxygen atoms in total. The highest BCUT2D eigenvalue weighted by Gasteiger charge is 2.17. The maximum absolute atomic E-state index is 13.9. The molecular weight excluding hydrogens is 345 g/mol. The van der Waals surface area contributed by atoms with Crippen molar-refractivity contribution in [3.8, 4) is 16.9 Å². The SMILES string of the molecule is OCc1cn(-c2ccccc2F)nc1-c1cc(F)c(Cl)cc1Cl. The van der Waals surface area contributed by atoms with Gasteiger partial charge in [-0.3, -0.25) is 0 Å². The van der Waals surface area contributed by atoms with Crippen molar-refractivity contribution in [2.24, 2.45) is 0 Å². The fourth-order valence-corrected chi connectivity index (χ4v) is 2.69. The second-order valence-electron chi connectivity index (χ2n) is 4.80. The van der Waals surface area contributed by atoms with Gasteiger partial charge in [-0.1, -0.05) is 35.3 Å². The van der Waals surface area contributed by atoms with E-state index in [9.17, 15) is 13.9 Å². The number of benzene rings is 2. The van der Waals surface area contributed by atoms with E-state index in [0.717, 1.165) is 6.07 Å². The molecule has 0 aliphatic heterocycles. The Kier molecular flexibility index (Phi) is 4.35. The molecular formula is C16H10Cl2F2N2O. The molecule has 23 heavy (non-hydrogen) atoms.